The van der Waals surface area contributed by atoms with Crippen LogP contribution in [0.3, 0.4) is 0 Å². The Morgan fingerprint density at radius 3 is 2.25 bits per heavy atom. The molecule has 0 aromatic heterocycles. The standard InChI is InChI=1S/C5H12.CHNO/c1-3-5-4-2;2-1-3/h3-5H2,1-2H3;2H/i1D,2D;. The van der Waals surface area contributed by atoms with Gasteiger partial charge in [0.15, 0.2) is 0 Å². The van der Waals surface area contributed by atoms with Gasteiger partial charge in [-0.1, -0.05) is 33.1 Å². The zero-order valence-electron chi connectivity index (χ0n) is 6.94. The Kier molecular flexibility index (Phi) is 11.1. The van der Waals surface area contributed by atoms with Gasteiger partial charge in [0.05, 0.1) is 0 Å². The first-order valence-corrected chi connectivity index (χ1v) is 2.45. The lowest BCUT2D eigenvalue weighted by Crippen LogP contribution is -1.59. The summed E-state index contributed by atoms with van der Waals surface area (Å²) >= 11 is 0. The molecule has 0 saturated heterocycles. The summed E-state index contributed by atoms with van der Waals surface area (Å²) in [7, 11) is 0. The number of nitrogens with one attached hydrogen (secondary N) is 1. The molecule has 0 aliphatic carbocycles. The fourth-order valence-corrected chi connectivity index (χ4v) is 0.177. The van der Waals surface area contributed by atoms with E-state index in [1.54, 1.807) is 0 Å². The molecule has 0 atom stereocenters. The number of rotatable bonds is 2. The lowest BCUT2D eigenvalue weighted by Gasteiger charge is -1.79. The Bertz CT molecular complexity index is 77.8. The van der Waals surface area contributed by atoms with Crippen molar-refractivity contribution in [3.05, 3.63) is 0 Å². The third-order valence-corrected chi connectivity index (χ3v) is 0.500. The van der Waals surface area contributed by atoms with Crippen LogP contribution in [0, 0.1) is 5.41 Å². The fourth-order valence-electron chi connectivity index (χ4n) is 0.177. The SMILES string of the molecule is N=C=O.[2H]CCCCC[2H]. The van der Waals surface area contributed by atoms with Gasteiger partial charge in [-0.3, -0.25) is 0 Å². The molecule has 0 aliphatic rings. The normalized spacial score (nSPS) is 9.50. The van der Waals surface area contributed by atoms with Gasteiger partial charge in [0, 0.05) is 2.74 Å². The van der Waals surface area contributed by atoms with Gasteiger partial charge in [-0.2, -0.15) is 0 Å². The molecule has 1 N–H and O–H groups in total. The molecule has 2 nitrogen and oxygen atoms in total. The fraction of sp³-hybridized carbons (Fsp3) is 0.833. The van der Waals surface area contributed by atoms with Crippen molar-refractivity contribution >= 4 is 6.08 Å². The molecular formula is C6H13NO. The van der Waals surface area contributed by atoms with Crippen LogP contribution in [0.5, 0.6) is 0 Å². The maximum Gasteiger partial charge on any atom is 0.231 e. The smallest absolute Gasteiger partial charge is 0.222 e. The molecule has 0 radical (unpaired) electrons. The largest absolute Gasteiger partial charge is 0.231 e. The monoisotopic (exact) mass is 117 g/mol. The van der Waals surface area contributed by atoms with Crippen LogP contribution in [0.4, 0.5) is 0 Å². The van der Waals surface area contributed by atoms with E-state index in [2.05, 4.69) is 0 Å². The number of hydrogen-bond acceptors (Lipinski definition) is 2. The molecule has 0 unspecified atom stereocenters. The van der Waals surface area contributed by atoms with Crippen LogP contribution in [0.1, 0.15) is 35.8 Å². The molecule has 0 aliphatic heterocycles. The second kappa shape index (κ2) is 16.2. The number of carbonyl (C=O) groups excluding carboxylic acids is 1. The first-order valence-electron chi connectivity index (χ1n) is 3.87. The van der Waals surface area contributed by atoms with E-state index in [0.29, 0.717) is 13.8 Å². The molecule has 0 heterocycles. The van der Waals surface area contributed by atoms with Gasteiger partial charge in [0.1, 0.15) is 0 Å². The quantitative estimate of drug-likeness (QED) is 0.336. The van der Waals surface area contributed by atoms with Crippen molar-refractivity contribution in [3.8, 4) is 0 Å². The number of hydrogen-bond donors (Lipinski definition) is 1. The van der Waals surface area contributed by atoms with E-state index in [9.17, 15) is 0 Å². The van der Waals surface area contributed by atoms with Gasteiger partial charge in [-0.05, 0) is 0 Å². The zero-order valence-corrected chi connectivity index (χ0v) is 4.94. The molecule has 48 valence electrons. The summed E-state index contributed by atoms with van der Waals surface area (Å²) in [6, 6.07) is 0. The predicted molar refractivity (Wildman–Crippen MR) is 33.6 cm³/mol. The van der Waals surface area contributed by atoms with Gasteiger partial charge >= 0.3 is 0 Å². The molecule has 0 rings (SSSR count). The van der Waals surface area contributed by atoms with Gasteiger partial charge in [0.25, 0.3) is 0 Å². The predicted octanol–water partition coefficient (Wildman–Crippen LogP) is 2.10. The average molecular weight is 117 g/mol. The van der Waals surface area contributed by atoms with Crippen LogP contribution in [-0.2, 0) is 4.79 Å². The van der Waals surface area contributed by atoms with Crippen molar-refractivity contribution < 1.29 is 7.54 Å². The minimum absolute atomic E-state index is 0.528. The molecule has 0 aromatic carbocycles. The van der Waals surface area contributed by atoms with Gasteiger partial charge < -0.3 is 0 Å². The van der Waals surface area contributed by atoms with Crippen molar-refractivity contribution in [2.75, 3.05) is 0 Å². The third-order valence-electron chi connectivity index (χ3n) is 0.500. The van der Waals surface area contributed by atoms with E-state index in [0.717, 1.165) is 25.3 Å². The molecule has 0 amide bonds. The summed E-state index contributed by atoms with van der Waals surface area (Å²) in [4.78, 5) is 8.35. The third kappa shape index (κ3) is 54.2. The van der Waals surface area contributed by atoms with Crippen LogP contribution in [0.2, 0.25) is 0 Å². The molecule has 0 aromatic rings. The minimum atomic E-state index is 0.528. The number of unbranched alkanes of at least 4 members (excludes halogenated alkanes) is 2. The highest BCUT2D eigenvalue weighted by molar-refractivity contribution is 5.26. The van der Waals surface area contributed by atoms with Crippen LogP contribution < -0.4 is 0 Å². The average Bonchev–Trinajstić information content (AvgIpc) is 1.91. The van der Waals surface area contributed by atoms with Gasteiger partial charge in [0.2, 0.25) is 6.08 Å². The molecular weight excluding hydrogens is 102 g/mol. The van der Waals surface area contributed by atoms with Crippen LogP contribution in [-0.4, -0.2) is 6.08 Å². The van der Waals surface area contributed by atoms with Gasteiger partial charge in [-0.15, -0.1) is 0 Å². The van der Waals surface area contributed by atoms with Crippen LogP contribution in [0.25, 0.3) is 0 Å². The topological polar surface area (TPSA) is 40.9 Å². The van der Waals surface area contributed by atoms with E-state index in [1.165, 1.54) is 0 Å². The Labute approximate surface area is 53.2 Å². The Morgan fingerprint density at radius 1 is 1.62 bits per heavy atom. The van der Waals surface area contributed by atoms with E-state index < -0.39 is 0 Å². The van der Waals surface area contributed by atoms with Crippen LogP contribution in [0.15, 0.2) is 0 Å². The Hall–Kier alpha value is -0.620. The van der Waals surface area contributed by atoms with Crippen molar-refractivity contribution in [1.82, 2.24) is 0 Å². The molecule has 0 fully saturated rings. The summed E-state index contributed by atoms with van der Waals surface area (Å²) in [6.45, 7) is 1.06. The summed E-state index contributed by atoms with van der Waals surface area (Å²) in [5.41, 5.74) is 0. The highest BCUT2D eigenvalue weighted by atomic mass is 16.1. The Balaban J connectivity index is 0. The summed E-state index contributed by atoms with van der Waals surface area (Å²) in [5, 5.41) is 5.40. The van der Waals surface area contributed by atoms with Crippen molar-refractivity contribution in [3.63, 3.8) is 0 Å². The molecule has 0 spiro atoms. The van der Waals surface area contributed by atoms with E-state index in [4.69, 9.17) is 12.9 Å². The minimum Gasteiger partial charge on any atom is -0.222 e. The molecule has 2 heteroatoms. The van der Waals surface area contributed by atoms with Gasteiger partial charge in [-0.25, -0.2) is 10.2 Å². The van der Waals surface area contributed by atoms with Crippen molar-refractivity contribution in [2.24, 2.45) is 0 Å². The van der Waals surface area contributed by atoms with Crippen LogP contribution >= 0.6 is 0 Å². The maximum atomic E-state index is 8.35. The highest BCUT2D eigenvalue weighted by Gasteiger charge is 1.68. The van der Waals surface area contributed by atoms with E-state index in [1.807, 2.05) is 0 Å². The maximum absolute atomic E-state index is 8.35. The summed E-state index contributed by atoms with van der Waals surface area (Å²) in [5.74, 6) is 0. The molecule has 0 bridgehead atoms. The first kappa shape index (κ1) is 5.52. The van der Waals surface area contributed by atoms with E-state index >= 15 is 0 Å². The zero-order chi connectivity index (χ0) is 8.24. The Morgan fingerprint density at radius 2 is 2.00 bits per heavy atom. The second-order valence-electron chi connectivity index (χ2n) is 1.16. The second-order valence-corrected chi connectivity index (χ2v) is 1.16. The highest BCUT2D eigenvalue weighted by Crippen LogP contribution is 1.88. The molecule has 8 heavy (non-hydrogen) atoms. The summed E-state index contributed by atoms with van der Waals surface area (Å²) < 4.78 is 13.4. The molecule has 0 saturated carbocycles. The summed E-state index contributed by atoms with van der Waals surface area (Å²) in [6.07, 6.45) is 3.75. The van der Waals surface area contributed by atoms with E-state index in [-0.39, 0.29) is 0 Å². The lowest BCUT2D eigenvalue weighted by molar-refractivity contribution is 0.563. The first-order chi connectivity index (χ1) is 4.83. The van der Waals surface area contributed by atoms with Crippen molar-refractivity contribution in [2.45, 2.75) is 33.1 Å². The number of isocyanates is 1. The van der Waals surface area contributed by atoms with Crippen molar-refractivity contribution in [1.29, 1.82) is 5.41 Å². The lowest BCUT2D eigenvalue weighted by atomic mass is 10.3.